The Labute approximate surface area is 219 Å². The van der Waals surface area contributed by atoms with Crippen molar-refractivity contribution < 1.29 is 22.5 Å². The van der Waals surface area contributed by atoms with Gasteiger partial charge in [-0.1, -0.05) is 36.4 Å². The van der Waals surface area contributed by atoms with Gasteiger partial charge >= 0.3 is 0 Å². The second kappa shape index (κ2) is 10.6. The molecule has 1 N–H and O–H groups in total. The van der Waals surface area contributed by atoms with Crippen molar-refractivity contribution in [1.82, 2.24) is 9.62 Å². The van der Waals surface area contributed by atoms with Crippen molar-refractivity contribution in [2.45, 2.75) is 17.7 Å². The van der Waals surface area contributed by atoms with Crippen LogP contribution in [0, 0.1) is 0 Å². The number of sulfonamides is 1. The van der Waals surface area contributed by atoms with Gasteiger partial charge in [0.1, 0.15) is 0 Å². The molecule has 0 saturated heterocycles. The van der Waals surface area contributed by atoms with Crippen molar-refractivity contribution >= 4 is 38.3 Å². The van der Waals surface area contributed by atoms with Gasteiger partial charge in [0.2, 0.25) is 10.0 Å². The van der Waals surface area contributed by atoms with Crippen molar-refractivity contribution in [1.29, 1.82) is 0 Å². The van der Waals surface area contributed by atoms with Gasteiger partial charge in [0.15, 0.2) is 0 Å². The van der Waals surface area contributed by atoms with Crippen molar-refractivity contribution in [3.05, 3.63) is 71.8 Å². The lowest BCUT2D eigenvalue weighted by Crippen LogP contribution is -2.44. The fourth-order valence-electron chi connectivity index (χ4n) is 4.89. The van der Waals surface area contributed by atoms with Crippen molar-refractivity contribution in [2.75, 3.05) is 59.3 Å². The normalized spacial score (nSPS) is 13.9. The zero-order valence-corrected chi connectivity index (χ0v) is 22.7. The number of imide groups is 1. The highest BCUT2D eigenvalue weighted by molar-refractivity contribution is 7.89. The molecule has 0 fully saturated rings. The van der Waals surface area contributed by atoms with Crippen LogP contribution in [0.5, 0.6) is 0 Å². The lowest BCUT2D eigenvalue weighted by atomic mass is 10.1. The summed E-state index contributed by atoms with van der Waals surface area (Å²) in [5.74, 6) is -0.460. The van der Waals surface area contributed by atoms with Crippen molar-refractivity contribution in [3.8, 4) is 0 Å². The van der Waals surface area contributed by atoms with Gasteiger partial charge in [-0.2, -0.15) is 0 Å². The Morgan fingerprint density at radius 1 is 0.811 bits per heavy atom. The number of rotatable bonds is 11. The summed E-state index contributed by atoms with van der Waals surface area (Å²) in [5.41, 5.74) is 1.91. The number of fused-ring (bicyclic) bond motifs is 2. The average molecular weight is 524 g/mol. The molecule has 0 saturated carbocycles. The molecule has 37 heavy (non-hydrogen) atoms. The summed E-state index contributed by atoms with van der Waals surface area (Å²) in [6, 6.07) is 18.0. The van der Waals surface area contributed by atoms with Crippen LogP contribution in [-0.2, 0) is 10.0 Å². The summed E-state index contributed by atoms with van der Waals surface area (Å²) in [5, 5.41) is 1.59. The number of quaternary nitrogens is 1. The maximum Gasteiger partial charge on any atom is 0.261 e. The van der Waals surface area contributed by atoms with Gasteiger partial charge in [-0.25, -0.2) is 13.1 Å². The summed E-state index contributed by atoms with van der Waals surface area (Å²) in [7, 11) is 4.35. The monoisotopic (exact) mass is 523 g/mol. The van der Waals surface area contributed by atoms with Gasteiger partial charge in [-0.05, 0) is 24.3 Å². The van der Waals surface area contributed by atoms with Crippen LogP contribution in [0.15, 0.2) is 65.6 Å². The number of hydrogen-bond donors (Lipinski definition) is 1. The molecule has 4 rings (SSSR count). The summed E-state index contributed by atoms with van der Waals surface area (Å²) >= 11 is 0. The van der Waals surface area contributed by atoms with Crippen LogP contribution >= 0.6 is 0 Å². The average Bonchev–Trinajstić information content (AvgIpc) is 3.10. The molecule has 9 heteroatoms. The first-order chi connectivity index (χ1) is 17.5. The molecule has 1 heterocycles. The Morgan fingerprint density at radius 3 is 2.05 bits per heavy atom. The quantitative estimate of drug-likeness (QED) is 0.237. The molecule has 8 nitrogen and oxygen atoms in total. The molecule has 0 aliphatic carbocycles. The number of carbonyl (C=O) groups excluding carboxylic acids is 2. The highest BCUT2D eigenvalue weighted by Crippen LogP contribution is 2.30. The fraction of sp³-hybridized carbons (Fsp3) is 0.357. The molecule has 3 aromatic carbocycles. The predicted octanol–water partition coefficient (Wildman–Crippen LogP) is 3.34. The van der Waals surface area contributed by atoms with Gasteiger partial charge < -0.3 is 9.38 Å². The highest BCUT2D eigenvalue weighted by Gasteiger charge is 2.35. The third-order valence-corrected chi connectivity index (χ3v) is 8.41. The van der Waals surface area contributed by atoms with E-state index in [2.05, 4.69) is 18.8 Å². The van der Waals surface area contributed by atoms with E-state index in [9.17, 15) is 18.0 Å². The number of hydrogen-bond acceptors (Lipinski definition) is 5. The lowest BCUT2D eigenvalue weighted by Gasteiger charge is -2.30. The highest BCUT2D eigenvalue weighted by atomic mass is 32.2. The topological polar surface area (TPSA) is 86.8 Å². The standard InChI is InChI=1S/C28H35N4O4S/c1-30(2)25-15-7-14-22-21(25)13-8-16-26(22)37(35,36)29-17-9-19-32(3,4)20-10-18-31-27(33)23-11-5-6-12-24(23)28(31)34/h5-8,11-16,29H,9-10,17-20H2,1-4H3/q+1. The second-order valence-corrected chi connectivity index (χ2v) is 12.1. The summed E-state index contributed by atoms with van der Waals surface area (Å²) in [4.78, 5) is 28.7. The molecular weight excluding hydrogens is 488 g/mol. The molecule has 0 aromatic heterocycles. The van der Waals surface area contributed by atoms with E-state index >= 15 is 0 Å². The van der Waals surface area contributed by atoms with E-state index in [0.717, 1.165) is 24.2 Å². The molecule has 0 bridgehead atoms. The third kappa shape index (κ3) is 5.69. The molecular formula is C28H35N4O4S+. The summed E-state index contributed by atoms with van der Waals surface area (Å²) < 4.78 is 29.7. The van der Waals surface area contributed by atoms with E-state index in [0.29, 0.717) is 46.9 Å². The third-order valence-electron chi connectivity index (χ3n) is 6.89. The molecule has 1 aliphatic rings. The van der Waals surface area contributed by atoms with Crippen LogP contribution < -0.4 is 9.62 Å². The minimum absolute atomic E-state index is 0.230. The molecule has 0 atom stereocenters. The van der Waals surface area contributed by atoms with E-state index in [1.807, 2.05) is 43.3 Å². The maximum atomic E-state index is 13.1. The van der Waals surface area contributed by atoms with Crippen LogP contribution in [-0.4, -0.2) is 84.0 Å². The van der Waals surface area contributed by atoms with E-state index < -0.39 is 10.0 Å². The largest absolute Gasteiger partial charge is 0.377 e. The lowest BCUT2D eigenvalue weighted by molar-refractivity contribution is -0.890. The van der Waals surface area contributed by atoms with Crippen LogP contribution in [0.4, 0.5) is 5.69 Å². The Hall–Kier alpha value is -3.27. The Morgan fingerprint density at radius 2 is 1.41 bits per heavy atom. The van der Waals surface area contributed by atoms with Crippen LogP contribution in [0.25, 0.3) is 10.8 Å². The van der Waals surface area contributed by atoms with Gasteiger partial charge in [0.05, 0.1) is 43.2 Å². The maximum absolute atomic E-state index is 13.1. The molecule has 196 valence electrons. The van der Waals surface area contributed by atoms with E-state index in [-0.39, 0.29) is 16.7 Å². The zero-order valence-electron chi connectivity index (χ0n) is 21.9. The first-order valence-corrected chi connectivity index (χ1v) is 14.0. The first kappa shape index (κ1) is 26.8. The Balaban J connectivity index is 1.29. The van der Waals surface area contributed by atoms with Gasteiger partial charge in [-0.3, -0.25) is 14.5 Å². The van der Waals surface area contributed by atoms with Gasteiger partial charge in [-0.15, -0.1) is 0 Å². The number of amides is 2. The molecule has 1 aliphatic heterocycles. The molecule has 2 amide bonds. The SMILES string of the molecule is CN(C)c1cccc2c(S(=O)(=O)NCCC[N+](C)(C)CCCN3C(=O)c4ccccc4C3=O)cccc12. The van der Waals surface area contributed by atoms with Crippen LogP contribution in [0.3, 0.4) is 0 Å². The molecule has 3 aromatic rings. The van der Waals surface area contributed by atoms with Gasteiger partial charge in [0, 0.05) is 56.5 Å². The Bertz CT molecular complexity index is 1400. The first-order valence-electron chi connectivity index (χ1n) is 12.5. The number of anilines is 1. The molecule has 0 spiro atoms. The number of nitrogens with one attached hydrogen (secondary N) is 1. The van der Waals surface area contributed by atoms with Crippen LogP contribution in [0.2, 0.25) is 0 Å². The van der Waals surface area contributed by atoms with Crippen LogP contribution in [0.1, 0.15) is 33.6 Å². The molecule has 0 radical (unpaired) electrons. The number of benzene rings is 3. The number of carbonyl (C=O) groups is 2. The second-order valence-electron chi connectivity index (χ2n) is 10.3. The zero-order chi connectivity index (χ0) is 26.8. The van der Waals surface area contributed by atoms with Crippen molar-refractivity contribution in [2.24, 2.45) is 0 Å². The fourth-order valence-corrected chi connectivity index (χ4v) is 6.18. The van der Waals surface area contributed by atoms with Crippen molar-refractivity contribution in [3.63, 3.8) is 0 Å². The van der Waals surface area contributed by atoms with E-state index in [4.69, 9.17) is 0 Å². The summed E-state index contributed by atoms with van der Waals surface area (Å²) in [6.07, 6.45) is 1.33. The summed E-state index contributed by atoms with van der Waals surface area (Å²) in [6.45, 7) is 2.21. The van der Waals surface area contributed by atoms with E-state index in [1.165, 1.54) is 4.90 Å². The van der Waals surface area contributed by atoms with E-state index in [1.54, 1.807) is 36.4 Å². The smallest absolute Gasteiger partial charge is 0.261 e. The predicted molar refractivity (Wildman–Crippen MR) is 146 cm³/mol. The van der Waals surface area contributed by atoms with Gasteiger partial charge in [0.25, 0.3) is 11.8 Å². The number of nitrogens with zero attached hydrogens (tertiary/aromatic N) is 3. The molecule has 0 unspecified atom stereocenters. The minimum Gasteiger partial charge on any atom is -0.377 e. The minimum atomic E-state index is -3.67. The Kier molecular flexibility index (Phi) is 7.68.